The number of para-hydroxylation sites is 1. The first kappa shape index (κ1) is 24.9. The van der Waals surface area contributed by atoms with Crippen molar-refractivity contribution in [2.45, 2.75) is 18.9 Å². The second-order valence-corrected chi connectivity index (χ2v) is 9.59. The summed E-state index contributed by atoms with van der Waals surface area (Å²) in [5, 5.41) is 15.4. The number of halogens is 2. The van der Waals surface area contributed by atoms with Gasteiger partial charge in [0.05, 0.1) is 18.0 Å². The molecule has 11 heteroatoms. The summed E-state index contributed by atoms with van der Waals surface area (Å²) in [6.45, 7) is 0. The van der Waals surface area contributed by atoms with Gasteiger partial charge >= 0.3 is 0 Å². The largest absolute Gasteiger partial charge is 0.457 e. The Kier molecular flexibility index (Phi) is 7.18. The predicted molar refractivity (Wildman–Crippen MR) is 140 cm³/mol. The van der Waals surface area contributed by atoms with Crippen LogP contribution in [0.4, 0.5) is 11.4 Å². The van der Waals surface area contributed by atoms with E-state index < -0.39 is 30.2 Å². The lowest BCUT2D eigenvalue weighted by Crippen LogP contribution is -2.72. The van der Waals surface area contributed by atoms with E-state index in [1.807, 2.05) is 30.3 Å². The zero-order valence-corrected chi connectivity index (χ0v) is 20.8. The second kappa shape index (κ2) is 10.7. The molecule has 3 aromatic carbocycles. The van der Waals surface area contributed by atoms with Crippen molar-refractivity contribution in [2.24, 2.45) is 11.8 Å². The Bertz CT molecular complexity index is 1300. The van der Waals surface area contributed by atoms with Crippen molar-refractivity contribution < 1.29 is 19.1 Å². The van der Waals surface area contributed by atoms with Gasteiger partial charge < -0.3 is 26.0 Å². The summed E-state index contributed by atoms with van der Waals surface area (Å²) >= 11 is 12.1. The maximum atomic E-state index is 13.2. The van der Waals surface area contributed by atoms with E-state index >= 15 is 0 Å². The summed E-state index contributed by atoms with van der Waals surface area (Å²) in [7, 11) is 0. The minimum absolute atomic E-state index is 0.112. The molecule has 2 heterocycles. The molecule has 5 rings (SSSR count). The number of anilines is 2. The average Bonchev–Trinajstić information content (AvgIpc) is 2.84. The number of benzene rings is 3. The molecule has 3 aromatic rings. The molecule has 0 radical (unpaired) electrons. The standard InChI is InChI=1S/C26H23Cl2N5O4/c27-14-10-15(28)12-17(11-14)30-26-32-23-22(25(36)33-26)20(13-21(34)31-23)24(35)29-16-6-8-19(9-7-16)37-18-4-2-1-3-5-18/h1-12,20,22-23,26,30,32H,13H2,(H,29,35)(H,31,34)(H,33,36). The van der Waals surface area contributed by atoms with E-state index in [2.05, 4.69) is 26.6 Å². The van der Waals surface area contributed by atoms with Crippen LogP contribution in [-0.2, 0) is 14.4 Å². The Morgan fingerprint density at radius 1 is 0.865 bits per heavy atom. The van der Waals surface area contributed by atoms with E-state index in [0.29, 0.717) is 32.9 Å². The molecular weight excluding hydrogens is 517 g/mol. The molecule has 4 unspecified atom stereocenters. The highest BCUT2D eigenvalue weighted by atomic mass is 35.5. The van der Waals surface area contributed by atoms with Gasteiger partial charge in [-0.2, -0.15) is 0 Å². The molecule has 4 atom stereocenters. The number of ether oxygens (including phenoxy) is 1. The van der Waals surface area contributed by atoms with Gasteiger partial charge in [0.2, 0.25) is 17.7 Å². The fraction of sp³-hybridized carbons (Fsp3) is 0.192. The predicted octanol–water partition coefficient (Wildman–Crippen LogP) is 3.92. The van der Waals surface area contributed by atoms with Crippen LogP contribution in [0.3, 0.4) is 0 Å². The minimum atomic E-state index is -0.868. The van der Waals surface area contributed by atoms with Crippen LogP contribution in [0.5, 0.6) is 11.5 Å². The van der Waals surface area contributed by atoms with Gasteiger partial charge in [-0.1, -0.05) is 41.4 Å². The van der Waals surface area contributed by atoms with Gasteiger partial charge in [-0.15, -0.1) is 0 Å². The molecule has 0 saturated carbocycles. The van der Waals surface area contributed by atoms with Crippen molar-refractivity contribution >= 4 is 52.3 Å². The molecule has 2 saturated heterocycles. The summed E-state index contributed by atoms with van der Waals surface area (Å²) in [5.41, 5.74) is 1.10. The molecule has 0 bridgehead atoms. The molecule has 0 aliphatic carbocycles. The van der Waals surface area contributed by atoms with Crippen LogP contribution in [0.2, 0.25) is 10.0 Å². The number of piperidine rings is 1. The summed E-state index contributed by atoms with van der Waals surface area (Å²) in [4.78, 5) is 38.7. The normalized spacial score (nSPS) is 22.8. The summed E-state index contributed by atoms with van der Waals surface area (Å²) < 4.78 is 5.77. The lowest BCUT2D eigenvalue weighted by molar-refractivity contribution is -0.144. The van der Waals surface area contributed by atoms with Crippen LogP contribution in [0.15, 0.2) is 72.8 Å². The molecule has 37 heavy (non-hydrogen) atoms. The van der Waals surface area contributed by atoms with E-state index in [4.69, 9.17) is 27.9 Å². The van der Waals surface area contributed by atoms with Crippen LogP contribution >= 0.6 is 23.2 Å². The zero-order chi connectivity index (χ0) is 25.9. The summed E-state index contributed by atoms with van der Waals surface area (Å²) in [5.74, 6) is -1.50. The Labute approximate surface area is 222 Å². The SMILES string of the molecule is O=C1CC(C(=O)Nc2ccc(Oc3ccccc3)cc2)C2C(=O)NC(Nc3cc(Cl)cc(Cl)c3)NC2N1. The lowest BCUT2D eigenvalue weighted by atomic mass is 9.81. The molecule has 2 aliphatic heterocycles. The molecule has 3 amide bonds. The van der Waals surface area contributed by atoms with Crippen LogP contribution in [0.25, 0.3) is 0 Å². The number of nitrogens with one attached hydrogen (secondary N) is 5. The van der Waals surface area contributed by atoms with Gasteiger partial charge in [-0.25, -0.2) is 0 Å². The van der Waals surface area contributed by atoms with Crippen LogP contribution in [-0.4, -0.2) is 30.2 Å². The smallest absolute Gasteiger partial charge is 0.229 e. The second-order valence-electron chi connectivity index (χ2n) is 8.72. The number of fused-ring (bicyclic) bond motifs is 1. The molecule has 0 aromatic heterocycles. The van der Waals surface area contributed by atoms with Crippen molar-refractivity contribution in [2.75, 3.05) is 10.6 Å². The van der Waals surface area contributed by atoms with Crippen LogP contribution in [0.1, 0.15) is 6.42 Å². The van der Waals surface area contributed by atoms with E-state index in [1.54, 1.807) is 42.5 Å². The van der Waals surface area contributed by atoms with Crippen molar-refractivity contribution in [3.05, 3.63) is 82.8 Å². The first-order chi connectivity index (χ1) is 17.8. The maximum absolute atomic E-state index is 13.2. The van der Waals surface area contributed by atoms with E-state index in [9.17, 15) is 14.4 Å². The van der Waals surface area contributed by atoms with Crippen LogP contribution < -0.4 is 31.3 Å². The first-order valence-corrected chi connectivity index (χ1v) is 12.3. The van der Waals surface area contributed by atoms with Gasteiger partial charge in [-0.3, -0.25) is 19.7 Å². The number of hydrogen-bond donors (Lipinski definition) is 5. The Morgan fingerprint density at radius 3 is 2.24 bits per heavy atom. The highest BCUT2D eigenvalue weighted by Gasteiger charge is 2.48. The number of rotatable bonds is 6. The molecular formula is C26H23Cl2N5O4. The zero-order valence-electron chi connectivity index (χ0n) is 19.3. The van der Waals surface area contributed by atoms with Crippen LogP contribution in [0, 0.1) is 11.8 Å². The third-order valence-corrected chi connectivity index (χ3v) is 6.50. The van der Waals surface area contributed by atoms with E-state index in [1.165, 1.54) is 0 Å². The Hall–Kier alpha value is -3.79. The van der Waals surface area contributed by atoms with E-state index in [0.717, 1.165) is 0 Å². The van der Waals surface area contributed by atoms with E-state index in [-0.39, 0.29) is 18.2 Å². The number of hydrogen-bond acceptors (Lipinski definition) is 6. The molecule has 190 valence electrons. The van der Waals surface area contributed by atoms with Gasteiger partial charge in [0.25, 0.3) is 0 Å². The van der Waals surface area contributed by atoms with Gasteiger partial charge in [0.1, 0.15) is 11.5 Å². The highest BCUT2D eigenvalue weighted by Crippen LogP contribution is 2.29. The minimum Gasteiger partial charge on any atom is -0.457 e. The third kappa shape index (κ3) is 5.96. The number of amides is 3. The lowest BCUT2D eigenvalue weighted by Gasteiger charge is -2.43. The Balaban J connectivity index is 1.24. The van der Waals surface area contributed by atoms with Gasteiger partial charge in [0, 0.05) is 27.8 Å². The maximum Gasteiger partial charge on any atom is 0.229 e. The fourth-order valence-corrected chi connectivity index (χ4v) is 4.95. The van der Waals surface area contributed by atoms with Crippen molar-refractivity contribution in [3.8, 4) is 11.5 Å². The summed E-state index contributed by atoms with van der Waals surface area (Å²) in [6, 6.07) is 21.1. The quantitative estimate of drug-likeness (QED) is 0.323. The highest BCUT2D eigenvalue weighted by molar-refractivity contribution is 6.35. The van der Waals surface area contributed by atoms with Crippen molar-refractivity contribution in [1.29, 1.82) is 0 Å². The third-order valence-electron chi connectivity index (χ3n) is 6.06. The molecule has 2 aliphatic rings. The molecule has 5 N–H and O–H groups in total. The summed E-state index contributed by atoms with van der Waals surface area (Å²) in [6.07, 6.45) is -1.58. The van der Waals surface area contributed by atoms with Crippen molar-refractivity contribution in [3.63, 3.8) is 0 Å². The number of carbonyl (C=O) groups is 3. The average molecular weight is 540 g/mol. The molecule has 0 spiro atoms. The molecule has 2 fully saturated rings. The first-order valence-electron chi connectivity index (χ1n) is 11.6. The Morgan fingerprint density at radius 2 is 1.54 bits per heavy atom. The number of carbonyl (C=O) groups excluding carboxylic acids is 3. The van der Waals surface area contributed by atoms with Gasteiger partial charge in [0.15, 0.2) is 6.29 Å². The molecule has 9 nitrogen and oxygen atoms in total. The monoisotopic (exact) mass is 539 g/mol. The fourth-order valence-electron chi connectivity index (χ4n) is 4.42. The van der Waals surface area contributed by atoms with Crippen molar-refractivity contribution in [1.82, 2.24) is 16.0 Å². The van der Waals surface area contributed by atoms with Gasteiger partial charge in [-0.05, 0) is 54.6 Å². The topological polar surface area (TPSA) is 121 Å².